The van der Waals surface area contributed by atoms with E-state index in [0.29, 0.717) is 30.4 Å². The Morgan fingerprint density at radius 1 is 1.00 bits per heavy atom. The van der Waals surface area contributed by atoms with E-state index in [9.17, 15) is 4.79 Å². The number of benzene rings is 2. The molecule has 1 aliphatic heterocycles. The number of halogens is 1. The van der Waals surface area contributed by atoms with Crippen LogP contribution >= 0.6 is 11.6 Å². The van der Waals surface area contributed by atoms with E-state index >= 15 is 0 Å². The quantitative estimate of drug-likeness (QED) is 0.581. The van der Waals surface area contributed by atoms with Crippen LogP contribution in [0.1, 0.15) is 16.3 Å². The smallest absolute Gasteiger partial charge is 0.289 e. The van der Waals surface area contributed by atoms with Crippen LogP contribution in [0.5, 0.6) is 11.5 Å². The van der Waals surface area contributed by atoms with Crippen molar-refractivity contribution in [3.8, 4) is 11.5 Å². The average Bonchev–Trinajstić information content (AvgIpc) is 3.27. The van der Waals surface area contributed by atoms with Crippen LogP contribution in [0.15, 0.2) is 65.1 Å². The van der Waals surface area contributed by atoms with Crippen LogP contribution in [0.2, 0.25) is 5.02 Å². The minimum absolute atomic E-state index is 0.0987. The highest BCUT2D eigenvalue weighted by Crippen LogP contribution is 2.22. The van der Waals surface area contributed by atoms with Gasteiger partial charge in [0.25, 0.3) is 5.91 Å². The number of amides is 1. The van der Waals surface area contributed by atoms with Crippen LogP contribution in [0, 0.1) is 0 Å². The van der Waals surface area contributed by atoms with Gasteiger partial charge in [-0.1, -0.05) is 17.7 Å². The lowest BCUT2D eigenvalue weighted by Gasteiger charge is -2.35. The molecule has 2 aromatic carbocycles. The maximum absolute atomic E-state index is 12.8. The van der Waals surface area contributed by atoms with Gasteiger partial charge in [-0.25, -0.2) is 0 Å². The number of furan rings is 1. The Morgan fingerprint density at radius 3 is 2.47 bits per heavy atom. The lowest BCUT2D eigenvalue weighted by atomic mass is 10.2. The van der Waals surface area contributed by atoms with E-state index in [0.717, 1.165) is 29.5 Å². The molecule has 2 heterocycles. The second-order valence-electron chi connectivity index (χ2n) is 6.99. The van der Waals surface area contributed by atoms with Crippen LogP contribution in [0.4, 0.5) is 5.69 Å². The fraction of sp³-hybridized carbons (Fsp3) is 0.261. The van der Waals surface area contributed by atoms with E-state index in [4.69, 9.17) is 25.5 Å². The molecule has 0 aliphatic carbocycles. The Labute approximate surface area is 180 Å². The molecule has 0 saturated carbocycles. The summed E-state index contributed by atoms with van der Waals surface area (Å²) in [7, 11) is 1.61. The minimum Gasteiger partial charge on any atom is -0.497 e. The van der Waals surface area contributed by atoms with Gasteiger partial charge in [-0.2, -0.15) is 0 Å². The van der Waals surface area contributed by atoms with Crippen molar-refractivity contribution in [2.24, 2.45) is 0 Å². The highest BCUT2D eigenvalue weighted by atomic mass is 35.5. The topological polar surface area (TPSA) is 55.2 Å². The summed E-state index contributed by atoms with van der Waals surface area (Å²) in [4.78, 5) is 16.9. The summed E-state index contributed by atoms with van der Waals surface area (Å²) in [5.74, 6) is 2.23. The molecule has 156 valence electrons. The van der Waals surface area contributed by atoms with E-state index < -0.39 is 0 Å². The third-order valence-electron chi connectivity index (χ3n) is 5.05. The summed E-state index contributed by atoms with van der Waals surface area (Å²) in [5.41, 5.74) is 1.11. The molecule has 0 spiro atoms. The van der Waals surface area contributed by atoms with Gasteiger partial charge in [0.05, 0.1) is 7.11 Å². The molecule has 1 aliphatic rings. The number of methoxy groups -OCH3 is 1. The van der Waals surface area contributed by atoms with Gasteiger partial charge in [0.2, 0.25) is 0 Å². The Kier molecular flexibility index (Phi) is 6.14. The zero-order valence-corrected chi connectivity index (χ0v) is 17.5. The fourth-order valence-electron chi connectivity index (χ4n) is 3.39. The van der Waals surface area contributed by atoms with E-state index in [1.54, 1.807) is 25.3 Å². The first-order valence-corrected chi connectivity index (χ1v) is 10.2. The normalized spacial score (nSPS) is 13.9. The molecule has 1 aromatic heterocycles. The number of nitrogens with zero attached hydrogens (tertiary/aromatic N) is 2. The van der Waals surface area contributed by atoms with Gasteiger partial charge in [0, 0.05) is 43.0 Å². The number of anilines is 1. The molecule has 0 N–H and O–H groups in total. The molecular formula is C23H23ClN2O4. The molecule has 0 bridgehead atoms. The van der Waals surface area contributed by atoms with E-state index in [1.165, 1.54) is 0 Å². The summed E-state index contributed by atoms with van der Waals surface area (Å²) in [6.45, 7) is 3.04. The number of ether oxygens (including phenoxy) is 2. The van der Waals surface area contributed by atoms with E-state index in [-0.39, 0.29) is 12.5 Å². The monoisotopic (exact) mass is 426 g/mol. The average molecular weight is 427 g/mol. The third-order valence-corrected chi connectivity index (χ3v) is 5.31. The van der Waals surface area contributed by atoms with Gasteiger partial charge in [0.15, 0.2) is 5.76 Å². The molecule has 6 nitrogen and oxygen atoms in total. The van der Waals surface area contributed by atoms with Crippen molar-refractivity contribution < 1.29 is 18.7 Å². The van der Waals surface area contributed by atoms with Crippen LogP contribution in [-0.4, -0.2) is 44.1 Å². The second kappa shape index (κ2) is 9.13. The Bertz CT molecular complexity index is 994. The largest absolute Gasteiger partial charge is 0.497 e. The number of piperazine rings is 1. The van der Waals surface area contributed by atoms with Gasteiger partial charge in [0.1, 0.15) is 23.9 Å². The molecule has 30 heavy (non-hydrogen) atoms. The molecule has 1 saturated heterocycles. The lowest BCUT2D eigenvalue weighted by molar-refractivity contribution is 0.0710. The first-order chi connectivity index (χ1) is 14.6. The number of hydrogen-bond donors (Lipinski definition) is 0. The Hall–Kier alpha value is -3.12. The molecule has 4 rings (SSSR count). The van der Waals surface area contributed by atoms with Crippen molar-refractivity contribution in [1.82, 2.24) is 4.90 Å². The standard InChI is InChI=1S/C23H23ClN2O4/c1-28-19-3-2-4-20(15-19)29-16-21-9-10-22(30-21)23(27)26-13-11-25(12-14-26)18-7-5-17(24)6-8-18/h2-10,15H,11-14,16H2,1H3. The summed E-state index contributed by atoms with van der Waals surface area (Å²) in [6, 6.07) is 18.6. The molecule has 1 fully saturated rings. The number of rotatable bonds is 6. The summed E-state index contributed by atoms with van der Waals surface area (Å²) < 4.78 is 16.6. The van der Waals surface area contributed by atoms with E-state index in [1.807, 2.05) is 47.4 Å². The van der Waals surface area contributed by atoms with Crippen LogP contribution in [0.25, 0.3) is 0 Å². The molecular weight excluding hydrogens is 404 g/mol. The fourth-order valence-corrected chi connectivity index (χ4v) is 3.52. The van der Waals surface area contributed by atoms with E-state index in [2.05, 4.69) is 4.90 Å². The van der Waals surface area contributed by atoms with Crippen molar-refractivity contribution in [1.29, 1.82) is 0 Å². The highest BCUT2D eigenvalue weighted by molar-refractivity contribution is 6.30. The Morgan fingerprint density at radius 2 is 1.73 bits per heavy atom. The SMILES string of the molecule is COc1cccc(OCc2ccc(C(=O)N3CCN(c4ccc(Cl)cc4)CC3)o2)c1. The maximum Gasteiger partial charge on any atom is 0.289 e. The van der Waals surface area contributed by atoms with Gasteiger partial charge in [-0.05, 0) is 48.5 Å². The minimum atomic E-state index is -0.0987. The molecule has 0 radical (unpaired) electrons. The maximum atomic E-state index is 12.8. The summed E-state index contributed by atoms with van der Waals surface area (Å²) in [5, 5.41) is 0.719. The van der Waals surface area contributed by atoms with Crippen molar-refractivity contribution >= 4 is 23.2 Å². The molecule has 0 atom stereocenters. The summed E-state index contributed by atoms with van der Waals surface area (Å²) >= 11 is 5.96. The molecule has 7 heteroatoms. The van der Waals surface area contributed by atoms with Gasteiger partial charge in [-0.3, -0.25) is 4.79 Å². The van der Waals surface area contributed by atoms with Gasteiger partial charge in [-0.15, -0.1) is 0 Å². The van der Waals surface area contributed by atoms with Crippen LogP contribution in [0.3, 0.4) is 0 Å². The number of carbonyl (C=O) groups is 1. The van der Waals surface area contributed by atoms with Gasteiger partial charge >= 0.3 is 0 Å². The first kappa shape index (κ1) is 20.2. The lowest BCUT2D eigenvalue weighted by Crippen LogP contribution is -2.48. The highest BCUT2D eigenvalue weighted by Gasteiger charge is 2.24. The summed E-state index contributed by atoms with van der Waals surface area (Å²) in [6.07, 6.45) is 0. The predicted molar refractivity (Wildman–Crippen MR) is 116 cm³/mol. The zero-order valence-electron chi connectivity index (χ0n) is 16.7. The zero-order chi connectivity index (χ0) is 20.9. The Balaban J connectivity index is 1.31. The van der Waals surface area contributed by atoms with Crippen molar-refractivity contribution in [2.45, 2.75) is 6.61 Å². The molecule has 1 amide bonds. The number of carbonyl (C=O) groups excluding carboxylic acids is 1. The molecule has 3 aromatic rings. The third kappa shape index (κ3) is 4.71. The van der Waals surface area contributed by atoms with Crippen molar-refractivity contribution in [3.05, 3.63) is 77.2 Å². The number of hydrogen-bond acceptors (Lipinski definition) is 5. The van der Waals surface area contributed by atoms with Gasteiger partial charge < -0.3 is 23.7 Å². The molecule has 0 unspecified atom stereocenters. The van der Waals surface area contributed by atoms with Crippen LogP contribution < -0.4 is 14.4 Å². The van der Waals surface area contributed by atoms with Crippen LogP contribution in [-0.2, 0) is 6.61 Å². The first-order valence-electron chi connectivity index (χ1n) is 9.78. The second-order valence-corrected chi connectivity index (χ2v) is 7.43. The predicted octanol–water partition coefficient (Wildman–Crippen LogP) is 4.48. The van der Waals surface area contributed by atoms with Crippen molar-refractivity contribution in [2.75, 3.05) is 38.2 Å². The van der Waals surface area contributed by atoms with Crippen molar-refractivity contribution in [3.63, 3.8) is 0 Å².